The van der Waals surface area contributed by atoms with E-state index in [1.807, 2.05) is 39.4 Å². The molecule has 4 aromatic rings. The van der Waals surface area contributed by atoms with E-state index < -0.39 is 0 Å². The number of aromatic nitrogens is 5. The smallest absolute Gasteiger partial charge is 0.155 e. The molecule has 8 nitrogen and oxygen atoms in total. The van der Waals surface area contributed by atoms with Crippen LogP contribution in [0.3, 0.4) is 0 Å². The van der Waals surface area contributed by atoms with Crippen molar-refractivity contribution in [3.05, 3.63) is 59.4 Å². The molecule has 2 aliphatic heterocycles. The van der Waals surface area contributed by atoms with Gasteiger partial charge in [-0.2, -0.15) is 0 Å². The number of rotatable bonds is 5. The lowest BCUT2D eigenvalue weighted by atomic mass is 9.87. The van der Waals surface area contributed by atoms with E-state index in [1.54, 1.807) is 7.11 Å². The number of nitrogens with zero attached hydrogens (tertiary/aromatic N) is 6. The van der Waals surface area contributed by atoms with E-state index in [9.17, 15) is 0 Å². The summed E-state index contributed by atoms with van der Waals surface area (Å²) in [4.78, 5) is 21.6. The van der Waals surface area contributed by atoms with Crippen molar-refractivity contribution in [3.8, 4) is 17.1 Å². The summed E-state index contributed by atoms with van der Waals surface area (Å²) in [5.74, 6) is 3.44. The van der Waals surface area contributed by atoms with Crippen molar-refractivity contribution in [1.82, 2.24) is 24.5 Å². The molecule has 36 heavy (non-hydrogen) atoms. The van der Waals surface area contributed by atoms with Gasteiger partial charge in [-0.15, -0.1) is 0 Å². The molecule has 0 amide bonds. The van der Waals surface area contributed by atoms with Crippen LogP contribution in [-0.4, -0.2) is 57.9 Å². The molecule has 186 valence electrons. The molecule has 0 aliphatic carbocycles. The minimum absolute atomic E-state index is 0.258. The number of ether oxygens (including phenoxy) is 2. The van der Waals surface area contributed by atoms with Gasteiger partial charge in [0.1, 0.15) is 22.9 Å². The van der Waals surface area contributed by atoms with Crippen LogP contribution in [0.4, 0.5) is 5.82 Å². The molecular weight excluding hydrogens is 452 g/mol. The quantitative estimate of drug-likeness (QED) is 0.419. The third kappa shape index (κ3) is 3.99. The highest BCUT2D eigenvalue weighted by Gasteiger charge is 2.42. The van der Waals surface area contributed by atoms with Crippen LogP contribution in [0.25, 0.3) is 22.3 Å². The van der Waals surface area contributed by atoms with E-state index in [0.29, 0.717) is 6.42 Å². The van der Waals surface area contributed by atoms with E-state index in [4.69, 9.17) is 24.4 Å². The Morgan fingerprint density at radius 2 is 1.97 bits per heavy atom. The van der Waals surface area contributed by atoms with Gasteiger partial charge in [-0.1, -0.05) is 12.1 Å². The van der Waals surface area contributed by atoms with Gasteiger partial charge in [0.25, 0.3) is 0 Å². The zero-order valence-corrected chi connectivity index (χ0v) is 21.4. The van der Waals surface area contributed by atoms with Crippen LogP contribution in [0.2, 0.25) is 0 Å². The van der Waals surface area contributed by atoms with E-state index in [1.165, 1.54) is 0 Å². The van der Waals surface area contributed by atoms with Crippen molar-refractivity contribution in [3.63, 3.8) is 0 Å². The number of anilines is 1. The van der Waals surface area contributed by atoms with Crippen LogP contribution >= 0.6 is 0 Å². The molecule has 0 N–H and O–H groups in total. The fourth-order valence-electron chi connectivity index (χ4n) is 5.55. The molecule has 2 fully saturated rings. The first kappa shape index (κ1) is 22.9. The summed E-state index contributed by atoms with van der Waals surface area (Å²) < 4.78 is 13.6. The molecule has 0 bridgehead atoms. The highest BCUT2D eigenvalue weighted by molar-refractivity contribution is 5.88. The Kier molecular flexibility index (Phi) is 5.63. The first-order valence-corrected chi connectivity index (χ1v) is 12.6. The van der Waals surface area contributed by atoms with E-state index in [0.717, 1.165) is 95.8 Å². The minimum Gasteiger partial charge on any atom is -0.496 e. The van der Waals surface area contributed by atoms with Crippen molar-refractivity contribution in [2.75, 3.05) is 38.3 Å². The maximum absolute atomic E-state index is 5.76. The Labute approximate surface area is 211 Å². The first-order valence-electron chi connectivity index (χ1n) is 12.6. The van der Waals surface area contributed by atoms with Crippen molar-refractivity contribution >= 4 is 16.7 Å². The molecule has 6 rings (SSSR count). The summed E-state index contributed by atoms with van der Waals surface area (Å²) in [6, 6.07) is 8.29. The van der Waals surface area contributed by atoms with Gasteiger partial charge in [0, 0.05) is 78.9 Å². The molecule has 8 heteroatoms. The van der Waals surface area contributed by atoms with Gasteiger partial charge in [0.2, 0.25) is 0 Å². The molecule has 1 unspecified atom stereocenters. The summed E-state index contributed by atoms with van der Waals surface area (Å²) in [5.41, 5.74) is 5.33. The molecule has 2 saturated heterocycles. The standard InChI is InChI=1S/C28H32N6O2/c1-18-11-22-15-29-24(32-25(22)27(31-18)34-9-7-28(16-34)8-10-36-17-28)13-20-5-6-21(12-23(20)35-4)26-30-14-19(2)33(26)3/h5-6,11-12,14-15H,7-10,13,16-17H2,1-4H3. The number of hydrogen-bond donors (Lipinski definition) is 0. The lowest BCUT2D eigenvalue weighted by molar-refractivity contribution is 0.160. The van der Waals surface area contributed by atoms with Crippen molar-refractivity contribution in [1.29, 1.82) is 0 Å². The number of hydrogen-bond acceptors (Lipinski definition) is 7. The Morgan fingerprint density at radius 3 is 2.72 bits per heavy atom. The van der Waals surface area contributed by atoms with Gasteiger partial charge in [0.05, 0.1) is 13.7 Å². The molecule has 0 saturated carbocycles. The summed E-state index contributed by atoms with van der Waals surface area (Å²) in [7, 11) is 3.73. The summed E-state index contributed by atoms with van der Waals surface area (Å²) >= 11 is 0. The van der Waals surface area contributed by atoms with Gasteiger partial charge in [-0.25, -0.2) is 19.9 Å². The normalized spacial score (nSPS) is 19.6. The van der Waals surface area contributed by atoms with Crippen molar-refractivity contribution in [2.24, 2.45) is 12.5 Å². The van der Waals surface area contributed by atoms with Crippen LogP contribution in [0.5, 0.6) is 5.75 Å². The molecule has 3 aromatic heterocycles. The highest BCUT2D eigenvalue weighted by Crippen LogP contribution is 2.41. The van der Waals surface area contributed by atoms with Crippen molar-refractivity contribution < 1.29 is 9.47 Å². The number of fused-ring (bicyclic) bond motifs is 1. The molecule has 1 atom stereocenters. The highest BCUT2D eigenvalue weighted by atomic mass is 16.5. The Balaban J connectivity index is 1.33. The molecule has 1 aromatic carbocycles. The predicted octanol–water partition coefficient (Wildman–Crippen LogP) is 4.26. The number of benzene rings is 1. The zero-order chi connectivity index (χ0) is 24.9. The second-order valence-corrected chi connectivity index (χ2v) is 10.3. The second-order valence-electron chi connectivity index (χ2n) is 10.3. The van der Waals surface area contributed by atoms with Gasteiger partial charge < -0.3 is 18.9 Å². The van der Waals surface area contributed by atoms with Crippen LogP contribution in [0.15, 0.2) is 36.7 Å². The number of methoxy groups -OCH3 is 1. The van der Waals surface area contributed by atoms with Gasteiger partial charge in [-0.3, -0.25) is 0 Å². The monoisotopic (exact) mass is 484 g/mol. The topological polar surface area (TPSA) is 78.2 Å². The molecule has 0 radical (unpaired) electrons. The van der Waals surface area contributed by atoms with Crippen LogP contribution < -0.4 is 9.64 Å². The lowest BCUT2D eigenvalue weighted by Gasteiger charge is -2.23. The number of aryl methyl sites for hydroxylation is 2. The predicted molar refractivity (Wildman–Crippen MR) is 140 cm³/mol. The van der Waals surface area contributed by atoms with Gasteiger partial charge in [-0.05, 0) is 38.8 Å². The SMILES string of the molecule is COc1cc(-c2ncc(C)n2C)ccc1Cc1ncc2cc(C)nc(N3CCC4(CCOC4)C3)c2n1. The fraction of sp³-hybridized carbons (Fsp3) is 0.429. The Hall–Kier alpha value is -3.52. The molecular formula is C28H32N6O2. The van der Waals surface area contributed by atoms with E-state index in [-0.39, 0.29) is 5.41 Å². The summed E-state index contributed by atoms with van der Waals surface area (Å²) in [5, 5.41) is 1.03. The third-order valence-electron chi connectivity index (χ3n) is 7.76. The van der Waals surface area contributed by atoms with E-state index >= 15 is 0 Å². The molecule has 2 aliphatic rings. The average Bonchev–Trinajstić information content (AvgIpc) is 3.61. The fourth-order valence-corrected chi connectivity index (χ4v) is 5.55. The molecule has 1 spiro atoms. The summed E-state index contributed by atoms with van der Waals surface area (Å²) in [6.45, 7) is 7.75. The van der Waals surface area contributed by atoms with Crippen molar-refractivity contribution in [2.45, 2.75) is 33.1 Å². The van der Waals surface area contributed by atoms with Crippen LogP contribution in [0, 0.1) is 19.3 Å². The maximum Gasteiger partial charge on any atom is 0.155 e. The second kappa shape index (κ2) is 8.85. The Bertz CT molecular complexity index is 1440. The van der Waals surface area contributed by atoms with Gasteiger partial charge in [0.15, 0.2) is 5.82 Å². The van der Waals surface area contributed by atoms with E-state index in [2.05, 4.69) is 32.7 Å². The third-order valence-corrected chi connectivity index (χ3v) is 7.76. The minimum atomic E-state index is 0.258. The number of imidazole rings is 1. The Morgan fingerprint density at radius 1 is 1.08 bits per heavy atom. The first-order chi connectivity index (χ1) is 17.4. The van der Waals surface area contributed by atoms with Crippen LogP contribution in [0.1, 0.15) is 35.6 Å². The van der Waals surface area contributed by atoms with Gasteiger partial charge >= 0.3 is 0 Å². The molecule has 5 heterocycles. The average molecular weight is 485 g/mol. The maximum atomic E-state index is 5.76. The largest absolute Gasteiger partial charge is 0.496 e. The lowest BCUT2D eigenvalue weighted by Crippen LogP contribution is -2.28. The summed E-state index contributed by atoms with van der Waals surface area (Å²) in [6.07, 6.45) is 6.65. The number of pyridine rings is 1. The van der Waals surface area contributed by atoms with Crippen LogP contribution in [-0.2, 0) is 18.2 Å². The zero-order valence-electron chi connectivity index (χ0n) is 21.4.